The van der Waals surface area contributed by atoms with Crippen LogP contribution in [-0.4, -0.2) is 49.3 Å². The second-order valence-electron chi connectivity index (χ2n) is 9.11. The molecule has 1 saturated carbocycles. The number of halogens is 2. The molecule has 1 aliphatic carbocycles. The normalized spacial score (nSPS) is 17.8. The van der Waals surface area contributed by atoms with Gasteiger partial charge in [-0.05, 0) is 91.2 Å². The van der Waals surface area contributed by atoms with Crippen LogP contribution in [0.2, 0.25) is 10.0 Å². The summed E-state index contributed by atoms with van der Waals surface area (Å²) in [5, 5.41) is 3.15. The molecule has 1 aliphatic heterocycles. The summed E-state index contributed by atoms with van der Waals surface area (Å²) in [5.41, 5.74) is 1.97. The molecule has 2 aromatic carbocycles. The zero-order valence-electron chi connectivity index (χ0n) is 19.7. The Morgan fingerprint density at radius 2 is 1.89 bits per heavy atom. The van der Waals surface area contributed by atoms with Crippen molar-refractivity contribution in [3.8, 4) is 5.75 Å². The van der Waals surface area contributed by atoms with Gasteiger partial charge in [0.1, 0.15) is 12.4 Å². The highest BCUT2D eigenvalue weighted by molar-refractivity contribution is 7.89. The van der Waals surface area contributed by atoms with E-state index in [9.17, 15) is 13.2 Å². The number of thiophene rings is 1. The lowest BCUT2D eigenvalue weighted by Gasteiger charge is -2.37. The zero-order chi connectivity index (χ0) is 25.4. The van der Waals surface area contributed by atoms with Crippen LogP contribution in [0.25, 0.3) is 0 Å². The van der Waals surface area contributed by atoms with E-state index in [1.165, 1.54) is 21.3 Å². The average Bonchev–Trinajstić information content (AvgIpc) is 3.58. The summed E-state index contributed by atoms with van der Waals surface area (Å²) in [4.78, 5) is 16.8. The molecule has 36 heavy (non-hydrogen) atoms. The van der Waals surface area contributed by atoms with Gasteiger partial charge in [-0.25, -0.2) is 8.42 Å². The van der Waals surface area contributed by atoms with Gasteiger partial charge in [0, 0.05) is 27.5 Å². The van der Waals surface area contributed by atoms with Crippen LogP contribution >= 0.6 is 34.5 Å². The number of aryl methyl sites for hydroxylation is 1. The van der Waals surface area contributed by atoms with Gasteiger partial charge in [-0.3, -0.25) is 4.79 Å². The minimum Gasteiger partial charge on any atom is -0.491 e. The van der Waals surface area contributed by atoms with Gasteiger partial charge in [0.25, 0.3) is 0 Å². The summed E-state index contributed by atoms with van der Waals surface area (Å²) >= 11 is 13.8. The summed E-state index contributed by atoms with van der Waals surface area (Å²) in [6, 6.07) is 13.1. The van der Waals surface area contributed by atoms with Crippen molar-refractivity contribution in [3.05, 3.63) is 80.0 Å². The number of nitrogens with zero attached hydrogens (tertiary/aromatic N) is 2. The molecule has 0 bridgehead atoms. The Bertz CT molecular complexity index is 1370. The van der Waals surface area contributed by atoms with Gasteiger partial charge < -0.3 is 9.64 Å². The number of hydrogen-bond donors (Lipinski definition) is 0. The van der Waals surface area contributed by atoms with Crippen molar-refractivity contribution in [3.63, 3.8) is 0 Å². The number of carbonyl (C=O) groups is 1. The van der Waals surface area contributed by atoms with Gasteiger partial charge in [-0.2, -0.15) is 4.31 Å². The molecular weight excluding hydrogens is 539 g/mol. The fourth-order valence-corrected chi connectivity index (χ4v) is 7.30. The van der Waals surface area contributed by atoms with E-state index in [0.29, 0.717) is 22.3 Å². The molecule has 1 amide bonds. The van der Waals surface area contributed by atoms with Gasteiger partial charge in [-0.1, -0.05) is 23.2 Å². The Morgan fingerprint density at radius 3 is 2.58 bits per heavy atom. The molecule has 0 N–H and O–H groups in total. The number of hydrogen-bond acceptors (Lipinski definition) is 5. The molecular formula is C26H26Cl2N2O4S2. The van der Waals surface area contributed by atoms with Gasteiger partial charge in [0.05, 0.1) is 17.5 Å². The van der Waals surface area contributed by atoms with Crippen molar-refractivity contribution in [2.75, 3.05) is 19.7 Å². The number of amides is 1. The van der Waals surface area contributed by atoms with E-state index in [1.54, 1.807) is 34.4 Å². The van der Waals surface area contributed by atoms with Crippen LogP contribution in [0.1, 0.15) is 34.9 Å². The predicted octanol–water partition coefficient (Wildman–Crippen LogP) is 5.72. The van der Waals surface area contributed by atoms with Gasteiger partial charge in [0.2, 0.25) is 15.9 Å². The average molecular weight is 566 g/mol. The fourth-order valence-electron chi connectivity index (χ4n) is 4.50. The first-order valence-electron chi connectivity index (χ1n) is 11.8. The van der Waals surface area contributed by atoms with Gasteiger partial charge in [-0.15, -0.1) is 11.3 Å². The maximum atomic E-state index is 13.7. The predicted molar refractivity (Wildman–Crippen MR) is 143 cm³/mol. The molecule has 1 atom stereocenters. The standard InChI is InChI=1S/C26H26Cl2N2O4S2/c1-17-14-20(6-9-23(17)28)34-16-24-22-11-13-35-25(22)10-12-29(24)26(31)15-30(19-4-5-19)36(32,33)21-7-2-18(27)3-8-21/h2-3,6-9,11,13-14,19,24H,4-5,10,12,15-16H2,1H3/t24-/m0/s1. The highest BCUT2D eigenvalue weighted by Crippen LogP contribution is 2.36. The lowest BCUT2D eigenvalue weighted by Crippen LogP contribution is -2.48. The molecule has 0 saturated heterocycles. The maximum absolute atomic E-state index is 13.7. The summed E-state index contributed by atoms with van der Waals surface area (Å²) in [5.74, 6) is 0.453. The third kappa shape index (κ3) is 5.29. The number of ether oxygens (including phenoxy) is 1. The van der Waals surface area contributed by atoms with Crippen LogP contribution in [0, 0.1) is 6.92 Å². The van der Waals surface area contributed by atoms with E-state index < -0.39 is 10.0 Å². The lowest BCUT2D eigenvalue weighted by molar-refractivity contribution is -0.135. The van der Waals surface area contributed by atoms with Crippen LogP contribution in [-0.2, 0) is 21.2 Å². The molecule has 0 unspecified atom stereocenters. The van der Waals surface area contributed by atoms with E-state index in [0.717, 1.165) is 30.4 Å². The van der Waals surface area contributed by atoms with Crippen LogP contribution < -0.4 is 4.74 Å². The van der Waals surface area contributed by atoms with Gasteiger partial charge >= 0.3 is 0 Å². The summed E-state index contributed by atoms with van der Waals surface area (Å²) in [7, 11) is -3.83. The van der Waals surface area contributed by atoms with Gasteiger partial charge in [0.15, 0.2) is 0 Å². The third-order valence-electron chi connectivity index (χ3n) is 6.62. The molecule has 190 valence electrons. The zero-order valence-corrected chi connectivity index (χ0v) is 22.8. The molecule has 6 nitrogen and oxygen atoms in total. The van der Waals surface area contributed by atoms with Crippen molar-refractivity contribution >= 4 is 50.5 Å². The molecule has 1 fully saturated rings. The highest BCUT2D eigenvalue weighted by Gasteiger charge is 2.41. The number of carbonyl (C=O) groups excluding carboxylic acids is 1. The molecule has 2 aliphatic rings. The van der Waals surface area contributed by atoms with E-state index >= 15 is 0 Å². The molecule has 1 aromatic heterocycles. The lowest BCUT2D eigenvalue weighted by atomic mass is 10.0. The number of benzene rings is 2. The Kier molecular flexibility index (Phi) is 7.34. The summed E-state index contributed by atoms with van der Waals surface area (Å²) in [6.45, 7) is 2.49. The van der Waals surface area contributed by atoms with Crippen molar-refractivity contribution < 1.29 is 17.9 Å². The third-order valence-corrected chi connectivity index (χ3v) is 10.2. The first-order chi connectivity index (χ1) is 17.2. The molecule has 3 aromatic rings. The first-order valence-corrected chi connectivity index (χ1v) is 14.8. The molecule has 0 radical (unpaired) electrons. The van der Waals surface area contributed by atoms with Crippen molar-refractivity contribution in [2.45, 2.75) is 43.2 Å². The molecule has 0 spiro atoms. The van der Waals surface area contributed by atoms with Crippen LogP contribution in [0.4, 0.5) is 0 Å². The fraction of sp³-hybridized carbons (Fsp3) is 0.346. The topological polar surface area (TPSA) is 66.9 Å². The Balaban J connectivity index is 1.37. The Hall–Kier alpha value is -2.10. The van der Waals surface area contributed by atoms with E-state index in [4.69, 9.17) is 27.9 Å². The van der Waals surface area contributed by atoms with E-state index in [1.807, 2.05) is 30.5 Å². The monoisotopic (exact) mass is 564 g/mol. The highest BCUT2D eigenvalue weighted by atomic mass is 35.5. The minimum absolute atomic E-state index is 0.142. The second-order valence-corrected chi connectivity index (χ2v) is 12.8. The Morgan fingerprint density at radius 1 is 1.14 bits per heavy atom. The summed E-state index contributed by atoms with van der Waals surface area (Å²) in [6.07, 6.45) is 2.23. The number of fused-ring (bicyclic) bond motifs is 1. The number of sulfonamides is 1. The molecule has 2 heterocycles. The number of rotatable bonds is 8. The van der Waals surface area contributed by atoms with Crippen LogP contribution in [0.3, 0.4) is 0 Å². The smallest absolute Gasteiger partial charge is 0.243 e. The van der Waals surface area contributed by atoms with Crippen molar-refractivity contribution in [1.82, 2.24) is 9.21 Å². The molecule has 10 heteroatoms. The quantitative estimate of drug-likeness (QED) is 0.351. The second kappa shape index (κ2) is 10.3. The maximum Gasteiger partial charge on any atom is 0.243 e. The van der Waals surface area contributed by atoms with E-state index in [-0.39, 0.29) is 36.0 Å². The van der Waals surface area contributed by atoms with Crippen LogP contribution in [0.5, 0.6) is 5.75 Å². The summed E-state index contributed by atoms with van der Waals surface area (Å²) < 4.78 is 34.3. The van der Waals surface area contributed by atoms with E-state index in [2.05, 4.69) is 0 Å². The largest absolute Gasteiger partial charge is 0.491 e. The SMILES string of the molecule is Cc1cc(OC[C@H]2c3ccsc3CCN2C(=O)CN(C2CC2)S(=O)(=O)c2ccc(Cl)cc2)ccc1Cl. The first kappa shape index (κ1) is 25.5. The van der Waals surface area contributed by atoms with Crippen molar-refractivity contribution in [1.29, 1.82) is 0 Å². The Labute approximate surface area is 225 Å². The molecule has 5 rings (SSSR count). The van der Waals surface area contributed by atoms with Crippen molar-refractivity contribution in [2.24, 2.45) is 0 Å². The minimum atomic E-state index is -3.83. The van der Waals surface area contributed by atoms with Crippen LogP contribution in [0.15, 0.2) is 58.8 Å².